The van der Waals surface area contributed by atoms with Gasteiger partial charge in [-0.05, 0) is 12.1 Å². The molecule has 2 rings (SSSR count). The summed E-state index contributed by atoms with van der Waals surface area (Å²) in [4.78, 5) is 4.01. The Morgan fingerprint density at radius 2 is 2.24 bits per heavy atom. The number of sulfonamides is 1. The van der Waals surface area contributed by atoms with Crippen molar-refractivity contribution in [3.63, 3.8) is 0 Å². The predicted molar refractivity (Wildman–Crippen MR) is 64.5 cm³/mol. The van der Waals surface area contributed by atoms with E-state index in [1.807, 2.05) is 0 Å². The summed E-state index contributed by atoms with van der Waals surface area (Å²) in [6.45, 7) is 0. The second-order valence-electron chi connectivity index (χ2n) is 2.99. The molecule has 2 aromatic heterocycles. The Balaban J connectivity index is 2.38. The van der Waals surface area contributed by atoms with Gasteiger partial charge in [-0.25, -0.2) is 13.4 Å². The maximum Gasteiger partial charge on any atom is 0.266 e. The first-order valence-corrected chi connectivity index (χ1v) is 6.82. The summed E-state index contributed by atoms with van der Waals surface area (Å²) in [5.74, 6) is 0.289. The van der Waals surface area contributed by atoms with Gasteiger partial charge in [0.2, 0.25) is 0 Å². The van der Waals surface area contributed by atoms with Crippen molar-refractivity contribution in [3.05, 3.63) is 24.5 Å². The fourth-order valence-electron chi connectivity index (χ4n) is 1.19. The van der Waals surface area contributed by atoms with Gasteiger partial charge in [-0.15, -0.1) is 5.10 Å². The van der Waals surface area contributed by atoms with Crippen molar-refractivity contribution in [2.75, 3.05) is 17.1 Å². The van der Waals surface area contributed by atoms with Gasteiger partial charge in [-0.2, -0.15) is 0 Å². The van der Waals surface area contributed by atoms with E-state index in [9.17, 15) is 8.42 Å². The molecule has 0 atom stereocenters. The zero-order chi connectivity index (χ0) is 12.3. The predicted octanol–water partition coefficient (Wildman–Crippen LogP) is 0.776. The third kappa shape index (κ3) is 2.50. The quantitative estimate of drug-likeness (QED) is 0.852. The standard InChI is InChI=1S/C8H9N5O2S2/c1-9-8-6(3-2-4-10-8)17(14,15)12-7-5-11-13-16-7/h2-5,12H,1H3,(H,9,10). The Labute approximate surface area is 102 Å². The Morgan fingerprint density at radius 3 is 2.88 bits per heavy atom. The lowest BCUT2D eigenvalue weighted by atomic mass is 10.5. The molecule has 0 amide bonds. The van der Waals surface area contributed by atoms with E-state index in [1.54, 1.807) is 13.1 Å². The van der Waals surface area contributed by atoms with Gasteiger partial charge in [0.15, 0.2) is 0 Å². The molecule has 0 bridgehead atoms. The van der Waals surface area contributed by atoms with Crippen molar-refractivity contribution >= 4 is 32.4 Å². The largest absolute Gasteiger partial charge is 0.372 e. The number of aromatic nitrogens is 3. The van der Waals surface area contributed by atoms with Crippen LogP contribution < -0.4 is 10.0 Å². The van der Waals surface area contributed by atoms with E-state index in [-0.39, 0.29) is 10.7 Å². The van der Waals surface area contributed by atoms with Crippen LogP contribution in [-0.4, -0.2) is 30.0 Å². The van der Waals surface area contributed by atoms with E-state index in [2.05, 4.69) is 24.6 Å². The van der Waals surface area contributed by atoms with Crippen molar-refractivity contribution < 1.29 is 8.42 Å². The van der Waals surface area contributed by atoms with Crippen molar-refractivity contribution in [2.24, 2.45) is 0 Å². The highest BCUT2D eigenvalue weighted by atomic mass is 32.2. The molecule has 0 aliphatic rings. The van der Waals surface area contributed by atoms with E-state index in [1.165, 1.54) is 18.5 Å². The van der Waals surface area contributed by atoms with Crippen molar-refractivity contribution in [3.8, 4) is 0 Å². The van der Waals surface area contributed by atoms with E-state index in [0.717, 1.165) is 11.5 Å². The molecule has 0 spiro atoms. The summed E-state index contributed by atoms with van der Waals surface area (Å²) in [5.41, 5.74) is 0. The van der Waals surface area contributed by atoms with Crippen molar-refractivity contribution in [1.82, 2.24) is 14.6 Å². The monoisotopic (exact) mass is 271 g/mol. The molecule has 2 N–H and O–H groups in total. The number of nitrogens with zero attached hydrogens (tertiary/aromatic N) is 3. The van der Waals surface area contributed by atoms with E-state index < -0.39 is 10.0 Å². The molecule has 0 saturated carbocycles. The minimum absolute atomic E-state index is 0.0795. The third-order valence-corrected chi connectivity index (χ3v) is 4.00. The number of anilines is 2. The summed E-state index contributed by atoms with van der Waals surface area (Å²) in [6, 6.07) is 3.02. The lowest BCUT2D eigenvalue weighted by Gasteiger charge is -2.08. The van der Waals surface area contributed by atoms with Crippen LogP contribution in [-0.2, 0) is 10.0 Å². The van der Waals surface area contributed by atoms with Crippen LogP contribution in [0, 0.1) is 0 Å². The summed E-state index contributed by atoms with van der Waals surface area (Å²) in [5, 5.41) is 6.63. The molecular weight excluding hydrogens is 262 g/mol. The van der Waals surface area contributed by atoms with Crippen LogP contribution in [0.4, 0.5) is 10.8 Å². The molecule has 0 aliphatic carbocycles. The minimum Gasteiger partial charge on any atom is -0.372 e. The van der Waals surface area contributed by atoms with Crippen molar-refractivity contribution in [1.29, 1.82) is 0 Å². The molecule has 0 unspecified atom stereocenters. The lowest BCUT2D eigenvalue weighted by molar-refractivity contribution is 0.601. The average molecular weight is 271 g/mol. The van der Waals surface area contributed by atoms with Crippen LogP contribution in [0.2, 0.25) is 0 Å². The topological polar surface area (TPSA) is 96.9 Å². The number of rotatable bonds is 4. The number of hydrogen-bond donors (Lipinski definition) is 2. The molecule has 0 radical (unpaired) electrons. The summed E-state index contributed by atoms with van der Waals surface area (Å²) < 4.78 is 30.0. The molecule has 0 aromatic carbocycles. The van der Waals surface area contributed by atoms with Crippen molar-refractivity contribution in [2.45, 2.75) is 4.90 Å². The highest BCUT2D eigenvalue weighted by molar-refractivity contribution is 7.93. The van der Waals surface area contributed by atoms with Gasteiger partial charge in [0.1, 0.15) is 15.7 Å². The molecule has 2 heterocycles. The van der Waals surface area contributed by atoms with E-state index >= 15 is 0 Å². The number of nitrogens with one attached hydrogen (secondary N) is 2. The SMILES string of the molecule is CNc1ncccc1S(=O)(=O)Nc1cnns1. The summed E-state index contributed by atoms with van der Waals surface area (Å²) in [7, 11) is -2.06. The van der Waals surface area contributed by atoms with E-state index in [0.29, 0.717) is 5.00 Å². The highest BCUT2D eigenvalue weighted by Gasteiger charge is 2.19. The third-order valence-electron chi connectivity index (χ3n) is 1.89. The van der Waals surface area contributed by atoms with Gasteiger partial charge >= 0.3 is 0 Å². The fraction of sp³-hybridized carbons (Fsp3) is 0.125. The first kappa shape index (κ1) is 11.7. The minimum atomic E-state index is -3.67. The molecule has 0 fully saturated rings. The average Bonchev–Trinajstić information content (AvgIpc) is 2.81. The molecule has 0 saturated heterocycles. The smallest absolute Gasteiger partial charge is 0.266 e. The Bertz CT molecular complexity index is 596. The molecule has 0 aliphatic heterocycles. The first-order chi connectivity index (χ1) is 8.13. The lowest BCUT2D eigenvalue weighted by Crippen LogP contribution is -2.14. The highest BCUT2D eigenvalue weighted by Crippen LogP contribution is 2.21. The summed E-state index contributed by atoms with van der Waals surface area (Å²) in [6.07, 6.45) is 2.86. The molecule has 17 heavy (non-hydrogen) atoms. The fourth-order valence-corrected chi connectivity index (χ4v) is 3.04. The second-order valence-corrected chi connectivity index (χ2v) is 5.42. The van der Waals surface area contributed by atoms with Gasteiger partial charge in [0, 0.05) is 24.8 Å². The maximum atomic E-state index is 12.0. The first-order valence-electron chi connectivity index (χ1n) is 4.56. The van der Waals surface area contributed by atoms with E-state index in [4.69, 9.17) is 0 Å². The molecular formula is C8H9N5O2S2. The van der Waals surface area contributed by atoms with Gasteiger partial charge in [0.05, 0.1) is 6.20 Å². The van der Waals surface area contributed by atoms with Crippen LogP contribution in [0.15, 0.2) is 29.4 Å². The van der Waals surface area contributed by atoms with Crippen LogP contribution in [0.5, 0.6) is 0 Å². The number of pyridine rings is 1. The zero-order valence-corrected chi connectivity index (χ0v) is 10.4. The normalized spacial score (nSPS) is 11.1. The van der Waals surface area contributed by atoms with Gasteiger partial charge in [-0.3, -0.25) is 4.72 Å². The second kappa shape index (κ2) is 4.63. The van der Waals surface area contributed by atoms with Crippen LogP contribution in [0.1, 0.15) is 0 Å². The number of hydrogen-bond acceptors (Lipinski definition) is 7. The Morgan fingerprint density at radius 1 is 1.41 bits per heavy atom. The molecule has 2 aromatic rings. The molecule has 9 heteroatoms. The van der Waals surface area contributed by atoms with Gasteiger partial charge in [0.25, 0.3) is 10.0 Å². The Kier molecular flexibility index (Phi) is 3.20. The molecule has 90 valence electrons. The van der Waals surface area contributed by atoms with Crippen LogP contribution in [0.25, 0.3) is 0 Å². The van der Waals surface area contributed by atoms with Gasteiger partial charge in [-0.1, -0.05) is 4.49 Å². The Hall–Kier alpha value is -1.74. The van der Waals surface area contributed by atoms with Crippen LogP contribution >= 0.6 is 11.5 Å². The van der Waals surface area contributed by atoms with Gasteiger partial charge < -0.3 is 5.32 Å². The zero-order valence-electron chi connectivity index (χ0n) is 8.78. The maximum absolute atomic E-state index is 12.0. The molecule has 7 nitrogen and oxygen atoms in total. The van der Waals surface area contributed by atoms with Crippen LogP contribution in [0.3, 0.4) is 0 Å². The summed E-state index contributed by atoms with van der Waals surface area (Å²) >= 11 is 0.966.